The van der Waals surface area contributed by atoms with Crippen LogP contribution in [0.1, 0.15) is 24.8 Å². The SMILES string of the molecule is O=C1CCC2(CC2Cc2ccccc2)N1. The summed E-state index contributed by atoms with van der Waals surface area (Å²) in [4.78, 5) is 11.2. The summed E-state index contributed by atoms with van der Waals surface area (Å²) >= 11 is 0. The number of nitrogens with one attached hydrogen (secondary N) is 1. The van der Waals surface area contributed by atoms with E-state index in [0.717, 1.165) is 19.3 Å². The van der Waals surface area contributed by atoms with Gasteiger partial charge in [-0.15, -0.1) is 0 Å². The molecule has 1 aliphatic carbocycles. The van der Waals surface area contributed by atoms with Crippen LogP contribution in [0, 0.1) is 5.92 Å². The van der Waals surface area contributed by atoms with E-state index in [0.29, 0.717) is 5.92 Å². The third-order valence-electron chi connectivity index (χ3n) is 3.74. The van der Waals surface area contributed by atoms with Crippen LogP contribution < -0.4 is 5.32 Å². The van der Waals surface area contributed by atoms with E-state index in [9.17, 15) is 4.79 Å². The first-order valence-corrected chi connectivity index (χ1v) is 5.63. The molecule has 15 heavy (non-hydrogen) atoms. The van der Waals surface area contributed by atoms with E-state index in [-0.39, 0.29) is 11.4 Å². The summed E-state index contributed by atoms with van der Waals surface area (Å²) in [5.41, 5.74) is 1.58. The number of carbonyl (C=O) groups excluding carboxylic acids is 1. The Morgan fingerprint density at radius 2 is 2.13 bits per heavy atom. The van der Waals surface area contributed by atoms with Gasteiger partial charge in [0.25, 0.3) is 0 Å². The van der Waals surface area contributed by atoms with Crippen LogP contribution >= 0.6 is 0 Å². The lowest BCUT2D eigenvalue weighted by Crippen LogP contribution is -2.29. The second kappa shape index (κ2) is 3.09. The first-order valence-electron chi connectivity index (χ1n) is 5.63. The fraction of sp³-hybridized carbons (Fsp3) is 0.462. The van der Waals surface area contributed by atoms with Crippen molar-refractivity contribution < 1.29 is 4.79 Å². The van der Waals surface area contributed by atoms with Crippen molar-refractivity contribution in [2.45, 2.75) is 31.2 Å². The van der Waals surface area contributed by atoms with Crippen LogP contribution in [0.2, 0.25) is 0 Å². The van der Waals surface area contributed by atoms with Gasteiger partial charge in [-0.05, 0) is 30.7 Å². The summed E-state index contributed by atoms with van der Waals surface area (Å²) < 4.78 is 0. The second-order valence-electron chi connectivity index (χ2n) is 4.80. The van der Waals surface area contributed by atoms with Gasteiger partial charge < -0.3 is 5.32 Å². The van der Waals surface area contributed by atoms with Gasteiger partial charge in [-0.3, -0.25) is 4.79 Å². The van der Waals surface area contributed by atoms with E-state index in [2.05, 4.69) is 29.6 Å². The highest BCUT2D eigenvalue weighted by atomic mass is 16.2. The maximum Gasteiger partial charge on any atom is 0.220 e. The summed E-state index contributed by atoms with van der Waals surface area (Å²) in [6, 6.07) is 10.5. The van der Waals surface area contributed by atoms with Crippen molar-refractivity contribution >= 4 is 5.91 Å². The molecule has 1 amide bonds. The zero-order chi connectivity index (χ0) is 10.3. The molecule has 1 aliphatic heterocycles. The highest BCUT2D eigenvalue weighted by molar-refractivity contribution is 5.80. The number of amides is 1. The molecule has 2 aliphatic rings. The maximum atomic E-state index is 11.2. The zero-order valence-electron chi connectivity index (χ0n) is 8.70. The smallest absolute Gasteiger partial charge is 0.220 e. The molecule has 2 nitrogen and oxygen atoms in total. The number of carbonyl (C=O) groups is 1. The molecule has 1 saturated heterocycles. The molecule has 2 heteroatoms. The average Bonchev–Trinajstić information content (AvgIpc) is 2.74. The highest BCUT2D eigenvalue weighted by Crippen LogP contribution is 2.51. The summed E-state index contributed by atoms with van der Waals surface area (Å²) in [5, 5.41) is 3.14. The van der Waals surface area contributed by atoms with Crippen LogP contribution in [0.15, 0.2) is 30.3 Å². The topological polar surface area (TPSA) is 29.1 Å². The van der Waals surface area contributed by atoms with Crippen LogP contribution in [-0.4, -0.2) is 11.4 Å². The maximum absolute atomic E-state index is 11.2. The van der Waals surface area contributed by atoms with E-state index in [4.69, 9.17) is 0 Å². The minimum Gasteiger partial charge on any atom is -0.350 e. The molecule has 0 bridgehead atoms. The van der Waals surface area contributed by atoms with E-state index in [1.165, 1.54) is 12.0 Å². The first-order chi connectivity index (χ1) is 7.28. The van der Waals surface area contributed by atoms with Crippen molar-refractivity contribution in [1.29, 1.82) is 0 Å². The minimum absolute atomic E-state index is 0.187. The van der Waals surface area contributed by atoms with Gasteiger partial charge in [0.2, 0.25) is 5.91 Å². The Morgan fingerprint density at radius 1 is 1.33 bits per heavy atom. The Labute approximate surface area is 89.7 Å². The summed E-state index contributed by atoms with van der Waals surface area (Å²) in [5.74, 6) is 0.914. The van der Waals surface area contributed by atoms with Gasteiger partial charge in [-0.2, -0.15) is 0 Å². The fourth-order valence-corrected chi connectivity index (χ4v) is 2.75. The van der Waals surface area contributed by atoms with Crippen LogP contribution in [0.4, 0.5) is 0 Å². The number of benzene rings is 1. The molecule has 1 spiro atoms. The standard InChI is InChI=1S/C13H15NO/c15-12-6-7-13(14-12)9-11(13)8-10-4-2-1-3-5-10/h1-5,11H,6-9H2,(H,14,15). The molecule has 2 fully saturated rings. The van der Waals surface area contributed by atoms with E-state index >= 15 is 0 Å². The van der Waals surface area contributed by atoms with Crippen LogP contribution in [-0.2, 0) is 11.2 Å². The predicted octanol–water partition coefficient (Wildman–Crippen LogP) is 1.90. The molecule has 0 radical (unpaired) electrons. The molecule has 2 atom stereocenters. The number of rotatable bonds is 2. The van der Waals surface area contributed by atoms with Crippen molar-refractivity contribution in [3.8, 4) is 0 Å². The lowest BCUT2D eigenvalue weighted by Gasteiger charge is -2.08. The summed E-state index contributed by atoms with van der Waals surface area (Å²) in [6.45, 7) is 0. The molecule has 1 aromatic carbocycles. The van der Waals surface area contributed by atoms with Gasteiger partial charge >= 0.3 is 0 Å². The number of hydrogen-bond acceptors (Lipinski definition) is 1. The largest absolute Gasteiger partial charge is 0.350 e. The van der Waals surface area contributed by atoms with Crippen molar-refractivity contribution in [2.24, 2.45) is 5.92 Å². The summed E-state index contributed by atoms with van der Waals surface area (Å²) in [7, 11) is 0. The van der Waals surface area contributed by atoms with Gasteiger partial charge in [-0.25, -0.2) is 0 Å². The highest BCUT2D eigenvalue weighted by Gasteiger charge is 2.57. The molecule has 1 saturated carbocycles. The first kappa shape index (κ1) is 8.96. The molecule has 78 valence electrons. The van der Waals surface area contributed by atoms with Crippen LogP contribution in [0.3, 0.4) is 0 Å². The lowest BCUT2D eigenvalue weighted by molar-refractivity contribution is -0.119. The Kier molecular flexibility index (Phi) is 1.84. The molecular formula is C13H15NO. The van der Waals surface area contributed by atoms with Gasteiger partial charge in [0, 0.05) is 12.0 Å². The van der Waals surface area contributed by atoms with E-state index in [1.807, 2.05) is 6.07 Å². The number of hydrogen-bond donors (Lipinski definition) is 1. The van der Waals surface area contributed by atoms with Crippen LogP contribution in [0.5, 0.6) is 0 Å². The predicted molar refractivity (Wildman–Crippen MR) is 58.4 cm³/mol. The van der Waals surface area contributed by atoms with E-state index in [1.54, 1.807) is 0 Å². The summed E-state index contributed by atoms with van der Waals surface area (Å²) in [6.07, 6.45) is 4.06. The van der Waals surface area contributed by atoms with Gasteiger partial charge in [-0.1, -0.05) is 30.3 Å². The Bertz CT molecular complexity index is 387. The van der Waals surface area contributed by atoms with Crippen LogP contribution in [0.25, 0.3) is 0 Å². The van der Waals surface area contributed by atoms with Crippen molar-refractivity contribution in [3.05, 3.63) is 35.9 Å². The molecule has 0 aromatic heterocycles. The normalized spacial score (nSPS) is 33.1. The fourth-order valence-electron chi connectivity index (χ4n) is 2.75. The van der Waals surface area contributed by atoms with Crippen molar-refractivity contribution in [3.63, 3.8) is 0 Å². The molecule has 1 N–H and O–H groups in total. The quantitative estimate of drug-likeness (QED) is 0.778. The Hall–Kier alpha value is -1.31. The van der Waals surface area contributed by atoms with Gasteiger partial charge in [0.1, 0.15) is 0 Å². The zero-order valence-corrected chi connectivity index (χ0v) is 8.70. The van der Waals surface area contributed by atoms with Gasteiger partial charge in [0.05, 0.1) is 0 Å². The second-order valence-corrected chi connectivity index (χ2v) is 4.80. The molecule has 1 aromatic rings. The third kappa shape index (κ3) is 1.54. The average molecular weight is 201 g/mol. The molecule has 1 heterocycles. The van der Waals surface area contributed by atoms with Crippen molar-refractivity contribution in [1.82, 2.24) is 5.32 Å². The van der Waals surface area contributed by atoms with Crippen molar-refractivity contribution in [2.75, 3.05) is 0 Å². The third-order valence-corrected chi connectivity index (χ3v) is 3.74. The Morgan fingerprint density at radius 3 is 2.80 bits per heavy atom. The van der Waals surface area contributed by atoms with Gasteiger partial charge in [0.15, 0.2) is 0 Å². The lowest BCUT2D eigenvalue weighted by atomic mass is 10.0. The van der Waals surface area contributed by atoms with E-state index < -0.39 is 0 Å². The Balaban J connectivity index is 1.66. The monoisotopic (exact) mass is 201 g/mol. The molecule has 2 unspecified atom stereocenters. The minimum atomic E-state index is 0.187. The molecular weight excluding hydrogens is 186 g/mol. The molecule has 3 rings (SSSR count).